The molecular formula is C7H13BO5S. The van der Waals surface area contributed by atoms with E-state index in [4.69, 9.17) is 17.3 Å². The predicted octanol–water partition coefficient (Wildman–Crippen LogP) is -1.70. The number of methoxy groups -OCH3 is 2. The molecule has 4 unspecified atom stereocenters. The van der Waals surface area contributed by atoms with Crippen LogP contribution in [0.5, 0.6) is 0 Å². The number of rotatable bonds is 3. The molecule has 0 aromatic rings. The normalized spacial score (nSPS) is 41.4. The Bertz CT molecular complexity index is 290. The van der Waals surface area contributed by atoms with Crippen molar-refractivity contribution >= 4 is 17.7 Å². The van der Waals surface area contributed by atoms with E-state index in [-0.39, 0.29) is 6.61 Å². The van der Waals surface area contributed by atoms with Crippen LogP contribution in [0.15, 0.2) is 0 Å². The second kappa shape index (κ2) is 4.18. The van der Waals surface area contributed by atoms with Crippen LogP contribution in [0.3, 0.4) is 0 Å². The highest BCUT2D eigenvalue weighted by Gasteiger charge is 2.51. The van der Waals surface area contributed by atoms with Gasteiger partial charge in [0.2, 0.25) is 0 Å². The Hall–Kier alpha value is -0.105. The van der Waals surface area contributed by atoms with E-state index in [1.54, 1.807) is 0 Å². The smallest absolute Gasteiger partial charge is 0.155 e. The molecule has 14 heavy (non-hydrogen) atoms. The van der Waals surface area contributed by atoms with Gasteiger partial charge in [-0.1, -0.05) is 0 Å². The van der Waals surface area contributed by atoms with Crippen LogP contribution in [0.2, 0.25) is 0 Å². The number of sulfone groups is 1. The quantitative estimate of drug-likeness (QED) is 0.574. The van der Waals surface area contributed by atoms with E-state index in [9.17, 15) is 13.5 Å². The van der Waals surface area contributed by atoms with Crippen molar-refractivity contribution in [3.05, 3.63) is 0 Å². The molecule has 2 radical (unpaired) electrons. The molecule has 0 aliphatic carbocycles. The minimum absolute atomic E-state index is 0.0222. The van der Waals surface area contributed by atoms with Gasteiger partial charge in [0.25, 0.3) is 0 Å². The summed E-state index contributed by atoms with van der Waals surface area (Å²) in [5.74, 6) is 0. The summed E-state index contributed by atoms with van der Waals surface area (Å²) in [7, 11) is 4.53. The largest absolute Gasteiger partial charge is 0.390 e. The van der Waals surface area contributed by atoms with Crippen molar-refractivity contribution in [1.29, 1.82) is 0 Å². The van der Waals surface area contributed by atoms with Crippen LogP contribution in [-0.4, -0.2) is 64.8 Å². The van der Waals surface area contributed by atoms with Crippen molar-refractivity contribution < 1.29 is 23.0 Å². The molecule has 1 aliphatic rings. The molecule has 1 saturated heterocycles. The summed E-state index contributed by atoms with van der Waals surface area (Å²) in [6, 6.07) is 0. The van der Waals surface area contributed by atoms with Crippen molar-refractivity contribution in [3.8, 4) is 0 Å². The van der Waals surface area contributed by atoms with Gasteiger partial charge in [-0.2, -0.15) is 0 Å². The first-order valence-corrected chi connectivity index (χ1v) is 5.75. The summed E-state index contributed by atoms with van der Waals surface area (Å²) in [6.45, 7) is -0.0222. The Balaban J connectivity index is 2.99. The lowest BCUT2D eigenvalue weighted by atomic mass is 9.94. The van der Waals surface area contributed by atoms with Gasteiger partial charge < -0.3 is 14.6 Å². The average Bonchev–Trinajstić information content (AvgIpc) is 2.29. The SMILES string of the molecule is [B]C1C(O)C(OC)C(COC)S1(=O)=O. The molecule has 1 heterocycles. The van der Waals surface area contributed by atoms with E-state index in [1.165, 1.54) is 14.2 Å². The van der Waals surface area contributed by atoms with Crippen LogP contribution < -0.4 is 0 Å². The maximum Gasteiger partial charge on any atom is 0.155 e. The molecule has 80 valence electrons. The van der Waals surface area contributed by atoms with E-state index >= 15 is 0 Å². The third kappa shape index (κ3) is 1.69. The monoisotopic (exact) mass is 220 g/mol. The van der Waals surface area contributed by atoms with Gasteiger partial charge in [0.15, 0.2) is 9.84 Å². The van der Waals surface area contributed by atoms with Gasteiger partial charge in [-0.05, 0) is 0 Å². The molecule has 1 rings (SSSR count). The van der Waals surface area contributed by atoms with Gasteiger partial charge in [-0.3, -0.25) is 0 Å². The summed E-state index contributed by atoms with van der Waals surface area (Å²) >= 11 is 0. The van der Waals surface area contributed by atoms with Gasteiger partial charge in [0, 0.05) is 14.2 Å². The maximum absolute atomic E-state index is 11.6. The molecule has 1 fully saturated rings. The molecule has 0 spiro atoms. The van der Waals surface area contributed by atoms with Crippen molar-refractivity contribution in [3.63, 3.8) is 0 Å². The molecule has 0 saturated carbocycles. The van der Waals surface area contributed by atoms with Gasteiger partial charge in [0.05, 0.1) is 25.7 Å². The van der Waals surface area contributed by atoms with E-state index < -0.39 is 32.4 Å². The summed E-state index contributed by atoms with van der Waals surface area (Å²) < 4.78 is 32.9. The summed E-state index contributed by atoms with van der Waals surface area (Å²) in [5, 5.41) is 7.33. The topological polar surface area (TPSA) is 72.8 Å². The molecule has 1 aliphatic heterocycles. The third-order valence-electron chi connectivity index (χ3n) is 2.44. The molecule has 0 aromatic heterocycles. The Kier molecular flexibility index (Phi) is 3.57. The van der Waals surface area contributed by atoms with Crippen LogP contribution in [0.1, 0.15) is 0 Å². The predicted molar refractivity (Wildman–Crippen MR) is 50.9 cm³/mol. The fourth-order valence-corrected chi connectivity index (χ4v) is 3.55. The average molecular weight is 220 g/mol. The Morgan fingerprint density at radius 2 is 2.00 bits per heavy atom. The minimum atomic E-state index is -3.56. The Morgan fingerprint density at radius 1 is 1.43 bits per heavy atom. The fraction of sp³-hybridized carbons (Fsp3) is 1.00. The van der Waals surface area contributed by atoms with Crippen LogP contribution in [-0.2, 0) is 19.3 Å². The number of aliphatic hydroxyl groups excluding tert-OH is 1. The lowest BCUT2D eigenvalue weighted by Crippen LogP contribution is -2.36. The van der Waals surface area contributed by atoms with E-state index in [1.807, 2.05) is 0 Å². The molecule has 1 N–H and O–H groups in total. The highest BCUT2D eigenvalue weighted by molar-refractivity contribution is 7.94. The van der Waals surface area contributed by atoms with Crippen LogP contribution in [0, 0.1) is 0 Å². The van der Waals surface area contributed by atoms with Gasteiger partial charge in [-0.15, -0.1) is 0 Å². The van der Waals surface area contributed by atoms with Crippen molar-refractivity contribution in [2.75, 3.05) is 20.8 Å². The second-order valence-electron chi connectivity index (χ2n) is 3.24. The molecular weight excluding hydrogens is 207 g/mol. The van der Waals surface area contributed by atoms with E-state index in [0.29, 0.717) is 0 Å². The first kappa shape index (κ1) is 12.0. The lowest BCUT2D eigenvalue weighted by Gasteiger charge is -2.17. The highest BCUT2D eigenvalue weighted by atomic mass is 32.2. The zero-order valence-electron chi connectivity index (χ0n) is 8.08. The van der Waals surface area contributed by atoms with Gasteiger partial charge in [0.1, 0.15) is 11.4 Å². The zero-order valence-corrected chi connectivity index (χ0v) is 8.90. The van der Waals surface area contributed by atoms with Crippen LogP contribution in [0.4, 0.5) is 0 Å². The molecule has 5 nitrogen and oxygen atoms in total. The molecule has 7 heteroatoms. The lowest BCUT2D eigenvalue weighted by molar-refractivity contribution is -0.00735. The highest BCUT2D eigenvalue weighted by Crippen LogP contribution is 2.28. The number of hydrogen-bond acceptors (Lipinski definition) is 5. The molecule has 4 atom stereocenters. The zero-order chi connectivity index (χ0) is 10.9. The van der Waals surface area contributed by atoms with Gasteiger partial charge >= 0.3 is 0 Å². The summed E-state index contributed by atoms with van der Waals surface area (Å²) in [5.41, 5.74) is 0. The molecule has 0 amide bonds. The number of aliphatic hydroxyl groups is 1. The summed E-state index contributed by atoms with van der Waals surface area (Å²) in [6.07, 6.45) is -2.00. The fourth-order valence-electron chi connectivity index (χ4n) is 1.64. The minimum Gasteiger partial charge on any atom is -0.390 e. The number of ether oxygens (including phenoxy) is 2. The van der Waals surface area contributed by atoms with E-state index in [0.717, 1.165) is 0 Å². The van der Waals surface area contributed by atoms with Crippen molar-refractivity contribution in [1.82, 2.24) is 0 Å². The Labute approximate surface area is 84.7 Å². The standard InChI is InChI=1S/C7H13BO5S/c1-12-3-4-6(13-2)5(9)7(8)14(4,10)11/h4-7,9H,3H2,1-2H3. The van der Waals surface area contributed by atoms with Crippen molar-refractivity contribution in [2.24, 2.45) is 0 Å². The van der Waals surface area contributed by atoms with Crippen LogP contribution in [0.25, 0.3) is 0 Å². The second-order valence-corrected chi connectivity index (χ2v) is 5.57. The van der Waals surface area contributed by atoms with Gasteiger partial charge in [-0.25, -0.2) is 8.42 Å². The van der Waals surface area contributed by atoms with Crippen LogP contribution >= 0.6 is 0 Å². The summed E-state index contributed by atoms with van der Waals surface area (Å²) in [4.78, 5) is 0. The molecule has 0 aromatic carbocycles. The maximum atomic E-state index is 11.6. The third-order valence-corrected chi connectivity index (χ3v) is 4.73. The molecule has 0 bridgehead atoms. The first-order valence-electron chi connectivity index (χ1n) is 4.15. The Morgan fingerprint density at radius 3 is 2.43 bits per heavy atom. The number of hydrogen-bond donors (Lipinski definition) is 1. The first-order chi connectivity index (χ1) is 6.46. The van der Waals surface area contributed by atoms with E-state index in [2.05, 4.69) is 0 Å². The van der Waals surface area contributed by atoms with Crippen molar-refractivity contribution in [2.45, 2.75) is 22.6 Å².